The molecule has 3 nitrogen and oxygen atoms in total. The highest BCUT2D eigenvalue weighted by Gasteiger charge is 2.28. The highest BCUT2D eigenvalue weighted by atomic mass is 16.5. The highest BCUT2D eigenvalue weighted by molar-refractivity contribution is 5.21. The number of nitrogens with one attached hydrogen (secondary N) is 1. The van der Waals surface area contributed by atoms with Gasteiger partial charge in [0.1, 0.15) is 6.10 Å². The number of hydrogen-bond donors (Lipinski definition) is 1. The SMILES string of the molecule is c1ccc([C@H](Oc2ccccn2)[C@H]2CCNC2)cc1. The maximum Gasteiger partial charge on any atom is 0.213 e. The standard InChI is InChI=1S/C16H18N2O/c1-2-6-13(7-3-1)16(14-9-11-17-12-14)19-15-8-4-5-10-18-15/h1-8,10,14,16-17H,9,11-12H2/t14-,16-/m0/s1. The van der Waals surface area contributed by atoms with E-state index in [9.17, 15) is 0 Å². The minimum Gasteiger partial charge on any atom is -0.469 e. The maximum absolute atomic E-state index is 6.13. The molecule has 19 heavy (non-hydrogen) atoms. The van der Waals surface area contributed by atoms with Crippen LogP contribution in [-0.2, 0) is 0 Å². The van der Waals surface area contributed by atoms with Crippen LogP contribution in [0, 0.1) is 5.92 Å². The number of benzene rings is 1. The molecule has 3 rings (SSSR count). The zero-order chi connectivity index (χ0) is 12.9. The van der Waals surface area contributed by atoms with Gasteiger partial charge in [-0.25, -0.2) is 4.98 Å². The second-order valence-electron chi connectivity index (χ2n) is 4.87. The molecule has 2 heterocycles. The van der Waals surface area contributed by atoms with Crippen LogP contribution in [0.1, 0.15) is 18.1 Å². The lowest BCUT2D eigenvalue weighted by molar-refractivity contribution is 0.138. The zero-order valence-corrected chi connectivity index (χ0v) is 10.8. The Hall–Kier alpha value is -1.87. The molecule has 0 radical (unpaired) electrons. The number of pyridine rings is 1. The summed E-state index contributed by atoms with van der Waals surface area (Å²) in [5, 5.41) is 3.41. The van der Waals surface area contributed by atoms with Gasteiger partial charge in [-0.15, -0.1) is 0 Å². The van der Waals surface area contributed by atoms with Crippen LogP contribution in [0.15, 0.2) is 54.7 Å². The minimum atomic E-state index is 0.0751. The summed E-state index contributed by atoms with van der Waals surface area (Å²) in [6, 6.07) is 16.2. The molecule has 1 aromatic heterocycles. The second-order valence-corrected chi connectivity index (χ2v) is 4.87. The van der Waals surface area contributed by atoms with E-state index in [-0.39, 0.29) is 6.10 Å². The van der Waals surface area contributed by atoms with Crippen LogP contribution in [0.5, 0.6) is 5.88 Å². The van der Waals surface area contributed by atoms with Crippen molar-refractivity contribution in [1.29, 1.82) is 0 Å². The Kier molecular flexibility index (Phi) is 3.75. The summed E-state index contributed by atoms with van der Waals surface area (Å²) in [6.45, 7) is 2.08. The molecule has 1 aliphatic heterocycles. The Morgan fingerprint density at radius 1 is 1.11 bits per heavy atom. The molecule has 0 unspecified atom stereocenters. The van der Waals surface area contributed by atoms with E-state index >= 15 is 0 Å². The molecule has 1 N–H and O–H groups in total. The molecule has 0 saturated carbocycles. The molecule has 0 bridgehead atoms. The van der Waals surface area contributed by atoms with Gasteiger partial charge in [-0.1, -0.05) is 36.4 Å². The molecule has 0 amide bonds. The normalized spacial score (nSPS) is 20.1. The smallest absolute Gasteiger partial charge is 0.213 e. The largest absolute Gasteiger partial charge is 0.469 e. The van der Waals surface area contributed by atoms with Crippen molar-refractivity contribution in [2.24, 2.45) is 5.92 Å². The van der Waals surface area contributed by atoms with Gasteiger partial charge in [0.05, 0.1) is 0 Å². The Morgan fingerprint density at radius 2 is 1.95 bits per heavy atom. The van der Waals surface area contributed by atoms with E-state index in [1.807, 2.05) is 24.3 Å². The van der Waals surface area contributed by atoms with E-state index in [1.54, 1.807) is 6.20 Å². The van der Waals surface area contributed by atoms with Gasteiger partial charge in [0, 0.05) is 24.7 Å². The molecule has 98 valence electrons. The fraction of sp³-hybridized carbons (Fsp3) is 0.312. The van der Waals surface area contributed by atoms with Crippen LogP contribution >= 0.6 is 0 Å². The van der Waals surface area contributed by atoms with Crippen LogP contribution < -0.4 is 10.1 Å². The van der Waals surface area contributed by atoms with Crippen molar-refractivity contribution >= 4 is 0 Å². The molecule has 0 spiro atoms. The summed E-state index contributed by atoms with van der Waals surface area (Å²) in [7, 11) is 0. The van der Waals surface area contributed by atoms with Gasteiger partial charge in [0.15, 0.2) is 0 Å². The van der Waals surface area contributed by atoms with Crippen molar-refractivity contribution in [1.82, 2.24) is 10.3 Å². The second kappa shape index (κ2) is 5.85. The summed E-state index contributed by atoms with van der Waals surface area (Å²) >= 11 is 0. The molecule has 1 aromatic carbocycles. The van der Waals surface area contributed by atoms with Gasteiger partial charge in [-0.3, -0.25) is 0 Å². The molecular weight excluding hydrogens is 236 g/mol. The Morgan fingerprint density at radius 3 is 2.63 bits per heavy atom. The fourth-order valence-corrected chi connectivity index (χ4v) is 2.56. The summed E-state index contributed by atoms with van der Waals surface area (Å²) in [6.07, 6.45) is 2.99. The van der Waals surface area contributed by atoms with E-state index in [4.69, 9.17) is 4.74 Å². The van der Waals surface area contributed by atoms with Gasteiger partial charge < -0.3 is 10.1 Å². The van der Waals surface area contributed by atoms with E-state index in [1.165, 1.54) is 5.56 Å². The van der Waals surface area contributed by atoms with E-state index < -0.39 is 0 Å². The zero-order valence-electron chi connectivity index (χ0n) is 10.8. The number of rotatable bonds is 4. The van der Waals surface area contributed by atoms with Crippen LogP contribution in [0.25, 0.3) is 0 Å². The number of aromatic nitrogens is 1. The molecule has 0 aliphatic carbocycles. The van der Waals surface area contributed by atoms with Crippen molar-refractivity contribution in [3.8, 4) is 5.88 Å². The predicted octanol–water partition coefficient (Wildman–Crippen LogP) is 2.81. The summed E-state index contributed by atoms with van der Waals surface area (Å²) < 4.78 is 6.13. The third-order valence-corrected chi connectivity index (χ3v) is 3.54. The van der Waals surface area contributed by atoms with Crippen LogP contribution in [0.3, 0.4) is 0 Å². The first kappa shape index (κ1) is 12.2. The summed E-state index contributed by atoms with van der Waals surface area (Å²) in [5.74, 6) is 1.20. The number of ether oxygens (including phenoxy) is 1. The van der Waals surface area contributed by atoms with Gasteiger partial charge in [-0.2, -0.15) is 0 Å². The third-order valence-electron chi connectivity index (χ3n) is 3.54. The van der Waals surface area contributed by atoms with Gasteiger partial charge in [0.25, 0.3) is 0 Å². The first-order valence-electron chi connectivity index (χ1n) is 6.77. The Bertz CT molecular complexity index is 495. The molecular formula is C16H18N2O. The monoisotopic (exact) mass is 254 g/mol. The lowest BCUT2D eigenvalue weighted by Crippen LogP contribution is -2.21. The average molecular weight is 254 g/mol. The van der Waals surface area contributed by atoms with Crippen LogP contribution in [0.2, 0.25) is 0 Å². The topological polar surface area (TPSA) is 34.1 Å². The molecule has 2 atom stereocenters. The van der Waals surface area contributed by atoms with E-state index in [0.29, 0.717) is 11.8 Å². The first-order valence-corrected chi connectivity index (χ1v) is 6.77. The predicted molar refractivity (Wildman–Crippen MR) is 75.0 cm³/mol. The van der Waals surface area contributed by atoms with Gasteiger partial charge in [-0.05, 0) is 24.6 Å². The number of hydrogen-bond acceptors (Lipinski definition) is 3. The number of nitrogens with zero attached hydrogens (tertiary/aromatic N) is 1. The van der Waals surface area contributed by atoms with E-state index in [0.717, 1.165) is 19.5 Å². The average Bonchev–Trinajstić information content (AvgIpc) is 3.01. The quantitative estimate of drug-likeness (QED) is 0.911. The third kappa shape index (κ3) is 2.93. The highest BCUT2D eigenvalue weighted by Crippen LogP contribution is 2.30. The molecule has 1 aliphatic rings. The lowest BCUT2D eigenvalue weighted by Gasteiger charge is -2.24. The Labute approximate surface area is 113 Å². The van der Waals surface area contributed by atoms with Crippen LogP contribution in [-0.4, -0.2) is 18.1 Å². The van der Waals surface area contributed by atoms with Crippen molar-refractivity contribution < 1.29 is 4.74 Å². The van der Waals surface area contributed by atoms with Gasteiger partial charge in [0.2, 0.25) is 5.88 Å². The maximum atomic E-state index is 6.13. The fourth-order valence-electron chi connectivity index (χ4n) is 2.56. The van der Waals surface area contributed by atoms with Gasteiger partial charge >= 0.3 is 0 Å². The summed E-state index contributed by atoms with van der Waals surface area (Å²) in [4.78, 5) is 4.27. The minimum absolute atomic E-state index is 0.0751. The van der Waals surface area contributed by atoms with E-state index in [2.05, 4.69) is 34.6 Å². The molecule has 1 fully saturated rings. The lowest BCUT2D eigenvalue weighted by atomic mass is 9.95. The molecule has 3 heteroatoms. The first-order chi connectivity index (χ1) is 9.43. The van der Waals surface area contributed by atoms with Crippen molar-refractivity contribution in [3.63, 3.8) is 0 Å². The summed E-state index contributed by atoms with van der Waals surface area (Å²) in [5.41, 5.74) is 1.22. The Balaban J connectivity index is 1.84. The van der Waals surface area contributed by atoms with Crippen molar-refractivity contribution in [2.75, 3.05) is 13.1 Å². The molecule has 2 aromatic rings. The van der Waals surface area contributed by atoms with Crippen molar-refractivity contribution in [3.05, 3.63) is 60.3 Å². The van der Waals surface area contributed by atoms with Crippen molar-refractivity contribution in [2.45, 2.75) is 12.5 Å². The molecule has 1 saturated heterocycles. The van der Waals surface area contributed by atoms with Crippen LogP contribution in [0.4, 0.5) is 0 Å².